The molecule has 0 spiro atoms. The van der Waals surface area contributed by atoms with Gasteiger partial charge in [-0.15, -0.1) is 0 Å². The third kappa shape index (κ3) is 6.18. The molecule has 0 aromatic heterocycles. The van der Waals surface area contributed by atoms with Gasteiger partial charge in [0.15, 0.2) is 0 Å². The van der Waals surface area contributed by atoms with Gasteiger partial charge in [0.2, 0.25) is 5.91 Å². The van der Waals surface area contributed by atoms with Gasteiger partial charge in [0.1, 0.15) is 0 Å². The van der Waals surface area contributed by atoms with Crippen LogP contribution in [-0.2, 0) is 20.7 Å². The first-order valence-corrected chi connectivity index (χ1v) is 9.68. The van der Waals surface area contributed by atoms with Crippen molar-refractivity contribution in [1.29, 1.82) is 0 Å². The first-order chi connectivity index (χ1) is 13.4. The molecule has 0 fully saturated rings. The average Bonchev–Trinajstić information content (AvgIpc) is 2.71. The van der Waals surface area contributed by atoms with E-state index in [4.69, 9.17) is 4.74 Å². The van der Waals surface area contributed by atoms with Crippen molar-refractivity contribution in [2.24, 2.45) is 5.92 Å². The molecule has 2 rings (SSSR count). The molecular weight excluding hydrogens is 360 g/mol. The summed E-state index contributed by atoms with van der Waals surface area (Å²) < 4.78 is 4.78. The number of esters is 1. The van der Waals surface area contributed by atoms with Gasteiger partial charge in [0.25, 0.3) is 5.69 Å². The van der Waals surface area contributed by atoms with Crippen LogP contribution in [-0.4, -0.2) is 41.9 Å². The van der Waals surface area contributed by atoms with Crippen LogP contribution < -0.4 is 0 Å². The Kier molecular flexibility index (Phi) is 8.17. The number of ether oxygens (including phenoxy) is 1. The maximum Gasteiger partial charge on any atom is 0.310 e. The highest BCUT2D eigenvalue weighted by atomic mass is 16.6. The number of allylic oxidation sites excluding steroid dienone is 1. The molecule has 0 bridgehead atoms. The first-order valence-electron chi connectivity index (χ1n) is 9.68. The Bertz CT molecular complexity index is 744. The molecule has 1 atom stereocenters. The molecule has 0 saturated heterocycles. The second-order valence-electron chi connectivity index (χ2n) is 7.18. The fourth-order valence-corrected chi connectivity index (χ4v) is 3.45. The van der Waals surface area contributed by atoms with E-state index in [-0.39, 0.29) is 30.5 Å². The Morgan fingerprint density at radius 2 is 2.04 bits per heavy atom. The summed E-state index contributed by atoms with van der Waals surface area (Å²) in [5.74, 6) is -1.05. The smallest absolute Gasteiger partial charge is 0.310 e. The Morgan fingerprint density at radius 3 is 2.68 bits per heavy atom. The van der Waals surface area contributed by atoms with Gasteiger partial charge in [-0.05, 0) is 32.1 Å². The van der Waals surface area contributed by atoms with E-state index >= 15 is 0 Å². The molecular formula is C21H28N2O5. The minimum Gasteiger partial charge on any atom is -0.469 e. The van der Waals surface area contributed by atoms with E-state index in [1.807, 2.05) is 0 Å². The molecule has 1 aliphatic rings. The van der Waals surface area contributed by atoms with Crippen LogP contribution in [0.15, 0.2) is 35.9 Å². The van der Waals surface area contributed by atoms with Gasteiger partial charge in [-0.1, -0.05) is 36.8 Å². The highest BCUT2D eigenvalue weighted by molar-refractivity contribution is 5.81. The second-order valence-corrected chi connectivity index (χ2v) is 7.18. The Labute approximate surface area is 165 Å². The van der Waals surface area contributed by atoms with E-state index < -0.39 is 10.8 Å². The SMILES string of the molecule is COC(=O)C(C)CN(CCC1=CCCCC1)C(=O)Cc1ccccc1[N+](=O)[O-]. The molecule has 0 aliphatic heterocycles. The molecule has 0 saturated carbocycles. The second kappa shape index (κ2) is 10.6. The topological polar surface area (TPSA) is 89.8 Å². The molecule has 28 heavy (non-hydrogen) atoms. The van der Waals surface area contributed by atoms with Crippen LogP contribution in [0.1, 0.15) is 44.6 Å². The lowest BCUT2D eigenvalue weighted by molar-refractivity contribution is -0.385. The van der Waals surface area contributed by atoms with Crippen LogP contribution in [0.3, 0.4) is 0 Å². The van der Waals surface area contributed by atoms with Crippen LogP contribution in [0, 0.1) is 16.0 Å². The number of nitrogens with zero attached hydrogens (tertiary/aromatic N) is 2. The lowest BCUT2D eigenvalue weighted by Crippen LogP contribution is -2.39. The van der Waals surface area contributed by atoms with Crippen molar-refractivity contribution in [2.75, 3.05) is 20.2 Å². The number of carbonyl (C=O) groups is 2. The van der Waals surface area contributed by atoms with Crippen LogP contribution in [0.25, 0.3) is 0 Å². The quantitative estimate of drug-likeness (QED) is 0.279. The van der Waals surface area contributed by atoms with Crippen LogP contribution in [0.4, 0.5) is 5.69 Å². The summed E-state index contributed by atoms with van der Waals surface area (Å²) in [5.41, 5.74) is 1.65. The molecule has 7 nitrogen and oxygen atoms in total. The Hall–Kier alpha value is -2.70. The van der Waals surface area contributed by atoms with E-state index in [9.17, 15) is 19.7 Å². The summed E-state index contributed by atoms with van der Waals surface area (Å²) in [6.07, 6.45) is 7.40. The lowest BCUT2D eigenvalue weighted by Gasteiger charge is -2.26. The van der Waals surface area contributed by atoms with Crippen molar-refractivity contribution in [1.82, 2.24) is 4.90 Å². The summed E-state index contributed by atoms with van der Waals surface area (Å²) in [6.45, 7) is 2.45. The molecule has 0 heterocycles. The summed E-state index contributed by atoms with van der Waals surface area (Å²) in [4.78, 5) is 37.1. The van der Waals surface area contributed by atoms with Crippen LogP contribution >= 0.6 is 0 Å². The monoisotopic (exact) mass is 388 g/mol. The fraction of sp³-hybridized carbons (Fsp3) is 0.524. The zero-order chi connectivity index (χ0) is 20.5. The highest BCUT2D eigenvalue weighted by Gasteiger charge is 2.24. The van der Waals surface area contributed by atoms with Crippen molar-refractivity contribution in [3.8, 4) is 0 Å². The molecule has 7 heteroatoms. The average molecular weight is 388 g/mol. The number of rotatable bonds is 9. The number of benzene rings is 1. The number of hydrogen-bond acceptors (Lipinski definition) is 5. The molecule has 1 unspecified atom stereocenters. The van der Waals surface area contributed by atoms with Crippen molar-refractivity contribution < 1.29 is 19.2 Å². The summed E-state index contributed by atoms with van der Waals surface area (Å²) >= 11 is 0. The predicted octanol–water partition coefficient (Wildman–Crippen LogP) is 3.67. The number of hydrogen-bond donors (Lipinski definition) is 0. The van der Waals surface area contributed by atoms with E-state index in [0.717, 1.165) is 25.7 Å². The number of carbonyl (C=O) groups excluding carboxylic acids is 2. The van der Waals surface area contributed by atoms with Gasteiger partial charge in [0, 0.05) is 24.7 Å². The van der Waals surface area contributed by atoms with Gasteiger partial charge in [-0.25, -0.2) is 0 Å². The molecule has 1 aromatic rings. The number of methoxy groups -OCH3 is 1. The molecule has 1 amide bonds. The van der Waals surface area contributed by atoms with E-state index in [2.05, 4.69) is 6.08 Å². The molecule has 1 aliphatic carbocycles. The number of amides is 1. The molecule has 152 valence electrons. The highest BCUT2D eigenvalue weighted by Crippen LogP contribution is 2.22. The van der Waals surface area contributed by atoms with Crippen LogP contribution in [0.2, 0.25) is 0 Å². The van der Waals surface area contributed by atoms with E-state index in [0.29, 0.717) is 12.1 Å². The normalized spacial score (nSPS) is 14.7. The third-order valence-corrected chi connectivity index (χ3v) is 5.07. The van der Waals surface area contributed by atoms with E-state index in [1.165, 1.54) is 25.2 Å². The minimum atomic E-state index is -0.475. The van der Waals surface area contributed by atoms with Gasteiger partial charge in [-0.3, -0.25) is 19.7 Å². The van der Waals surface area contributed by atoms with Crippen molar-refractivity contribution in [2.45, 2.75) is 45.4 Å². The molecule has 0 N–H and O–H groups in total. The predicted molar refractivity (Wildman–Crippen MR) is 106 cm³/mol. The summed E-state index contributed by atoms with van der Waals surface area (Å²) in [5, 5.41) is 11.2. The minimum absolute atomic E-state index is 0.0631. The van der Waals surface area contributed by atoms with Crippen molar-refractivity contribution in [3.63, 3.8) is 0 Å². The van der Waals surface area contributed by atoms with Crippen molar-refractivity contribution >= 4 is 17.6 Å². The maximum absolute atomic E-state index is 12.9. The Morgan fingerprint density at radius 1 is 1.29 bits per heavy atom. The molecule has 0 radical (unpaired) electrons. The van der Waals surface area contributed by atoms with E-state index in [1.54, 1.807) is 30.0 Å². The van der Waals surface area contributed by atoms with Gasteiger partial charge in [0.05, 0.1) is 24.4 Å². The number of para-hydroxylation sites is 1. The number of nitro benzene ring substituents is 1. The first kappa shape index (κ1) is 21.6. The van der Waals surface area contributed by atoms with Crippen molar-refractivity contribution in [3.05, 3.63) is 51.6 Å². The van der Waals surface area contributed by atoms with Crippen LogP contribution in [0.5, 0.6) is 0 Å². The zero-order valence-electron chi connectivity index (χ0n) is 16.6. The lowest BCUT2D eigenvalue weighted by atomic mass is 9.97. The Balaban J connectivity index is 2.12. The summed E-state index contributed by atoms with van der Waals surface area (Å²) in [6, 6.07) is 6.26. The summed E-state index contributed by atoms with van der Waals surface area (Å²) in [7, 11) is 1.32. The largest absolute Gasteiger partial charge is 0.469 e. The maximum atomic E-state index is 12.9. The van der Waals surface area contributed by atoms with Gasteiger partial charge >= 0.3 is 5.97 Å². The molecule has 1 aromatic carbocycles. The zero-order valence-corrected chi connectivity index (χ0v) is 16.6. The standard InChI is InChI=1S/C21H28N2O5/c1-16(21(25)28-2)15-22(13-12-17-8-4-3-5-9-17)20(24)14-18-10-6-7-11-19(18)23(26)27/h6-8,10-11,16H,3-5,9,12-15H2,1-2H3. The van der Waals surface area contributed by atoms with Gasteiger partial charge in [-0.2, -0.15) is 0 Å². The van der Waals surface area contributed by atoms with Gasteiger partial charge < -0.3 is 9.64 Å². The fourth-order valence-electron chi connectivity index (χ4n) is 3.45. The number of nitro groups is 1. The third-order valence-electron chi connectivity index (χ3n) is 5.07.